The van der Waals surface area contributed by atoms with Gasteiger partial charge in [-0.1, -0.05) is 11.6 Å². The third kappa shape index (κ3) is 2.53. The molecule has 2 heterocycles. The Kier molecular flexibility index (Phi) is 3.13. The standard InChI is InChI=1S/C12H16ClN3O2S/c13-10-6-12-8(5-11(10)14)7-16(15-12)9-1-3-19(17,18)4-2-9/h5-7,9,17-18H,1-4,14H2. The van der Waals surface area contributed by atoms with Gasteiger partial charge in [0.05, 0.1) is 22.3 Å². The molecule has 1 aliphatic heterocycles. The van der Waals surface area contributed by atoms with E-state index in [1.165, 1.54) is 0 Å². The molecule has 3 rings (SSSR count). The summed E-state index contributed by atoms with van der Waals surface area (Å²) in [7, 11) is -2.35. The maximum atomic E-state index is 9.63. The van der Waals surface area contributed by atoms with Crippen LogP contribution in [0.1, 0.15) is 18.9 Å². The molecule has 0 atom stereocenters. The average molecular weight is 302 g/mol. The van der Waals surface area contributed by atoms with Gasteiger partial charge in [0.1, 0.15) is 0 Å². The van der Waals surface area contributed by atoms with Crippen LogP contribution in [-0.2, 0) is 0 Å². The van der Waals surface area contributed by atoms with Gasteiger partial charge in [-0.15, -0.1) is 0 Å². The molecule has 1 aliphatic rings. The second-order valence-electron chi connectivity index (χ2n) is 4.98. The van der Waals surface area contributed by atoms with E-state index in [2.05, 4.69) is 5.10 Å². The van der Waals surface area contributed by atoms with E-state index in [1.807, 2.05) is 16.9 Å². The molecule has 19 heavy (non-hydrogen) atoms. The van der Waals surface area contributed by atoms with Crippen LogP contribution in [0.2, 0.25) is 5.02 Å². The van der Waals surface area contributed by atoms with Crippen LogP contribution in [-0.4, -0.2) is 30.4 Å². The van der Waals surface area contributed by atoms with Crippen molar-refractivity contribution in [3.63, 3.8) is 0 Å². The van der Waals surface area contributed by atoms with E-state index in [9.17, 15) is 9.11 Å². The Balaban J connectivity index is 1.90. The molecule has 1 aromatic heterocycles. The first kappa shape index (κ1) is 13.1. The van der Waals surface area contributed by atoms with Crippen LogP contribution in [0.3, 0.4) is 0 Å². The Morgan fingerprint density at radius 2 is 2.00 bits per heavy atom. The van der Waals surface area contributed by atoms with Crippen LogP contribution in [0.4, 0.5) is 5.69 Å². The van der Waals surface area contributed by atoms with Gasteiger partial charge >= 0.3 is 0 Å². The molecule has 1 aromatic carbocycles. The van der Waals surface area contributed by atoms with E-state index in [0.717, 1.165) is 23.7 Å². The highest BCUT2D eigenvalue weighted by Gasteiger charge is 2.25. The van der Waals surface area contributed by atoms with Gasteiger partial charge in [-0.25, -0.2) is 0 Å². The predicted molar refractivity (Wildman–Crippen MR) is 80.0 cm³/mol. The highest BCUT2D eigenvalue weighted by molar-refractivity contribution is 8.24. The smallest absolute Gasteiger partial charge is 0.0939 e. The third-order valence-corrected chi connectivity index (χ3v) is 5.68. The molecule has 1 saturated heterocycles. The second-order valence-corrected chi connectivity index (χ2v) is 7.81. The van der Waals surface area contributed by atoms with Crippen LogP contribution >= 0.6 is 22.2 Å². The molecule has 1 fully saturated rings. The second kappa shape index (κ2) is 4.56. The van der Waals surface area contributed by atoms with E-state index >= 15 is 0 Å². The number of anilines is 1. The van der Waals surface area contributed by atoms with Crippen molar-refractivity contribution in [2.75, 3.05) is 17.2 Å². The minimum absolute atomic E-state index is 0.215. The molecular formula is C12H16ClN3O2S. The fourth-order valence-corrected chi connectivity index (χ4v) is 4.09. The normalized spacial score (nSPS) is 21.6. The van der Waals surface area contributed by atoms with Crippen LogP contribution in [0, 0.1) is 0 Å². The number of halogens is 1. The molecule has 0 bridgehead atoms. The van der Waals surface area contributed by atoms with Crippen LogP contribution < -0.4 is 5.73 Å². The summed E-state index contributed by atoms with van der Waals surface area (Å²) < 4.78 is 21.2. The Morgan fingerprint density at radius 1 is 1.32 bits per heavy atom. The quantitative estimate of drug-likeness (QED) is 0.705. The van der Waals surface area contributed by atoms with E-state index in [0.29, 0.717) is 22.2 Å². The summed E-state index contributed by atoms with van der Waals surface area (Å²) in [6, 6.07) is 3.80. The number of nitrogens with two attached hydrogens (primary N) is 1. The molecule has 0 aliphatic carbocycles. The molecule has 0 spiro atoms. The first-order valence-electron chi connectivity index (χ1n) is 6.12. The Bertz CT molecular complexity index is 580. The molecule has 0 unspecified atom stereocenters. The summed E-state index contributed by atoms with van der Waals surface area (Å²) in [6.07, 6.45) is 3.42. The van der Waals surface area contributed by atoms with Gasteiger partial charge in [-0.3, -0.25) is 13.8 Å². The fraction of sp³-hybridized carbons (Fsp3) is 0.417. The van der Waals surface area contributed by atoms with Crippen LogP contribution in [0.15, 0.2) is 18.3 Å². The molecule has 0 amide bonds. The number of hydrogen-bond donors (Lipinski definition) is 3. The summed E-state index contributed by atoms with van der Waals surface area (Å²) >= 11 is 5.98. The largest absolute Gasteiger partial charge is 0.398 e. The molecule has 104 valence electrons. The zero-order valence-electron chi connectivity index (χ0n) is 10.3. The monoisotopic (exact) mass is 301 g/mol. The minimum atomic E-state index is -2.35. The Morgan fingerprint density at radius 3 is 2.68 bits per heavy atom. The van der Waals surface area contributed by atoms with Gasteiger partial charge in [0.2, 0.25) is 0 Å². The van der Waals surface area contributed by atoms with E-state index < -0.39 is 10.6 Å². The summed E-state index contributed by atoms with van der Waals surface area (Å²) in [5.74, 6) is 0.910. The number of fused-ring (bicyclic) bond motifs is 1. The zero-order chi connectivity index (χ0) is 13.6. The van der Waals surface area contributed by atoms with Crippen molar-refractivity contribution in [1.29, 1.82) is 0 Å². The Labute approximate surface area is 117 Å². The topological polar surface area (TPSA) is 84.3 Å². The lowest BCUT2D eigenvalue weighted by Crippen LogP contribution is -2.23. The minimum Gasteiger partial charge on any atom is -0.398 e. The first-order valence-corrected chi connectivity index (χ1v) is 8.38. The molecule has 7 heteroatoms. The average Bonchev–Trinajstić information content (AvgIpc) is 2.72. The lowest BCUT2D eigenvalue weighted by atomic mass is 10.1. The highest BCUT2D eigenvalue weighted by atomic mass is 35.5. The van der Waals surface area contributed by atoms with Crippen LogP contribution in [0.5, 0.6) is 0 Å². The van der Waals surface area contributed by atoms with Gasteiger partial charge in [0.15, 0.2) is 0 Å². The summed E-state index contributed by atoms with van der Waals surface area (Å²) in [5.41, 5.74) is 7.14. The number of benzene rings is 1. The molecule has 0 radical (unpaired) electrons. The molecule has 2 aromatic rings. The maximum absolute atomic E-state index is 9.63. The SMILES string of the molecule is Nc1cc2cn(C3CCS(O)(O)CC3)nc2cc1Cl. The van der Waals surface area contributed by atoms with Crippen molar-refractivity contribution < 1.29 is 9.11 Å². The lowest BCUT2D eigenvalue weighted by molar-refractivity contribution is 0.390. The van der Waals surface area contributed by atoms with Gasteiger partial charge < -0.3 is 5.73 Å². The Hall–Kier alpha value is -0.950. The number of nitrogen functional groups attached to an aromatic ring is 1. The first-order chi connectivity index (χ1) is 8.94. The summed E-state index contributed by atoms with van der Waals surface area (Å²) in [6.45, 7) is 0. The third-order valence-electron chi connectivity index (χ3n) is 3.57. The fourth-order valence-electron chi connectivity index (χ4n) is 2.43. The predicted octanol–water partition coefficient (Wildman–Crippen LogP) is 3.36. The number of rotatable bonds is 1. The lowest BCUT2D eigenvalue weighted by Gasteiger charge is -2.39. The van der Waals surface area contributed by atoms with Gasteiger partial charge in [-0.2, -0.15) is 15.7 Å². The van der Waals surface area contributed by atoms with Crippen molar-refractivity contribution in [1.82, 2.24) is 9.78 Å². The van der Waals surface area contributed by atoms with Crippen molar-refractivity contribution in [2.45, 2.75) is 18.9 Å². The van der Waals surface area contributed by atoms with E-state index in [4.69, 9.17) is 17.3 Å². The van der Waals surface area contributed by atoms with Crippen molar-refractivity contribution in [3.05, 3.63) is 23.4 Å². The van der Waals surface area contributed by atoms with Gasteiger partial charge in [0, 0.05) is 23.1 Å². The van der Waals surface area contributed by atoms with Gasteiger partial charge in [0.25, 0.3) is 0 Å². The molecule has 5 nitrogen and oxygen atoms in total. The molecule has 4 N–H and O–H groups in total. The van der Waals surface area contributed by atoms with E-state index in [1.54, 1.807) is 6.07 Å². The maximum Gasteiger partial charge on any atom is 0.0939 e. The van der Waals surface area contributed by atoms with Crippen molar-refractivity contribution in [2.24, 2.45) is 0 Å². The van der Waals surface area contributed by atoms with Gasteiger partial charge in [-0.05, 0) is 25.0 Å². The van der Waals surface area contributed by atoms with Crippen molar-refractivity contribution >= 4 is 38.8 Å². The van der Waals surface area contributed by atoms with Crippen LogP contribution in [0.25, 0.3) is 10.9 Å². The zero-order valence-corrected chi connectivity index (χ0v) is 11.9. The molecule has 0 saturated carbocycles. The highest BCUT2D eigenvalue weighted by Crippen LogP contribution is 2.46. The number of nitrogens with zero attached hydrogens (tertiary/aromatic N) is 2. The number of hydrogen-bond acceptors (Lipinski definition) is 4. The summed E-state index contributed by atoms with van der Waals surface area (Å²) in [4.78, 5) is 0. The number of aromatic nitrogens is 2. The summed E-state index contributed by atoms with van der Waals surface area (Å²) in [5, 5.41) is 5.98. The van der Waals surface area contributed by atoms with Crippen molar-refractivity contribution in [3.8, 4) is 0 Å². The molecular weight excluding hydrogens is 286 g/mol. The van der Waals surface area contributed by atoms with E-state index in [-0.39, 0.29) is 6.04 Å².